The Hall–Kier alpha value is 0.300. The van der Waals surface area contributed by atoms with Gasteiger partial charge >= 0.3 is 0 Å². The molecule has 0 aliphatic carbocycles. The van der Waals surface area contributed by atoms with Crippen LogP contribution in [0.5, 0.6) is 0 Å². The van der Waals surface area contributed by atoms with Gasteiger partial charge in [0, 0.05) is 12.8 Å². The van der Waals surface area contributed by atoms with Crippen molar-refractivity contribution < 1.29 is 9.59 Å². The van der Waals surface area contributed by atoms with Gasteiger partial charge in [-0.3, -0.25) is 4.79 Å². The average Bonchev–Trinajstić information content (AvgIpc) is 1.97. The van der Waals surface area contributed by atoms with Crippen molar-refractivity contribution in [2.45, 2.75) is 36.3 Å². The fraction of sp³-hybridized carbons (Fsp3) is 0.750. The van der Waals surface area contributed by atoms with E-state index in [0.29, 0.717) is 12.8 Å². The number of carbonyl (C=O) groups excluding carboxylic acids is 2. The molecule has 0 amide bonds. The molecule has 0 aromatic carbocycles. The number of Topliss-reactive ketones (excluding diaryl/α,β-unsaturated/α-hetero) is 2. The highest BCUT2D eigenvalue weighted by Crippen LogP contribution is 2.13. The first-order chi connectivity index (χ1) is 5.54. The van der Waals surface area contributed by atoms with Gasteiger partial charge < -0.3 is 4.79 Å². The molecular weight excluding hydrogens is 288 g/mol. The molecule has 12 heavy (non-hydrogen) atoms. The zero-order valence-electron chi connectivity index (χ0n) is 6.98. The van der Waals surface area contributed by atoms with Crippen molar-refractivity contribution in [1.29, 1.82) is 0 Å². The molecule has 0 spiro atoms. The topological polar surface area (TPSA) is 34.1 Å². The molecule has 0 aliphatic heterocycles. The van der Waals surface area contributed by atoms with Crippen LogP contribution in [0.25, 0.3) is 0 Å². The monoisotopic (exact) mass is 298 g/mol. The lowest BCUT2D eigenvalue weighted by atomic mass is 10.1. The number of ketones is 2. The third kappa shape index (κ3) is 6.98. The van der Waals surface area contributed by atoms with Gasteiger partial charge in [-0.15, -0.1) is 0 Å². The number of halogens is 2. The van der Waals surface area contributed by atoms with Crippen LogP contribution in [0.15, 0.2) is 0 Å². The molecule has 0 rings (SSSR count). The largest absolute Gasteiger partial charge is 0.300 e. The summed E-state index contributed by atoms with van der Waals surface area (Å²) in [5.74, 6) is 0.329. The number of carbonyl (C=O) groups is 2. The van der Waals surface area contributed by atoms with Gasteiger partial charge in [0.05, 0.1) is 0 Å². The lowest BCUT2D eigenvalue weighted by Crippen LogP contribution is -2.06. The fourth-order valence-electron chi connectivity index (χ4n) is 0.782. The van der Waals surface area contributed by atoms with Crippen LogP contribution in [0.2, 0.25) is 0 Å². The Balaban J connectivity index is 3.32. The van der Waals surface area contributed by atoms with Gasteiger partial charge in [0.1, 0.15) is 9.52 Å². The Morgan fingerprint density at radius 3 is 2.08 bits per heavy atom. The molecular formula is C8H12Br2O2. The van der Waals surface area contributed by atoms with Crippen LogP contribution in [0.1, 0.15) is 32.6 Å². The van der Waals surface area contributed by atoms with Gasteiger partial charge in [-0.2, -0.15) is 0 Å². The number of alkyl halides is 2. The maximum absolute atomic E-state index is 11.0. The van der Waals surface area contributed by atoms with E-state index in [9.17, 15) is 9.59 Å². The number of unbranched alkanes of at least 4 members (excludes halogenated alkanes) is 1. The van der Waals surface area contributed by atoms with Gasteiger partial charge in [-0.25, -0.2) is 0 Å². The molecule has 0 aliphatic rings. The van der Waals surface area contributed by atoms with Gasteiger partial charge in [0.2, 0.25) is 0 Å². The normalized spacial score (nSPS) is 10.3. The fourth-order valence-corrected chi connectivity index (χ4v) is 1.24. The minimum Gasteiger partial charge on any atom is -0.300 e. The molecule has 0 fully saturated rings. The summed E-state index contributed by atoms with van der Waals surface area (Å²) in [5.41, 5.74) is 0. The third-order valence-corrected chi connectivity index (χ3v) is 2.47. The van der Waals surface area contributed by atoms with Crippen molar-refractivity contribution in [2.24, 2.45) is 0 Å². The molecule has 2 nitrogen and oxygen atoms in total. The van der Waals surface area contributed by atoms with Gasteiger partial charge in [0.25, 0.3) is 0 Å². The maximum Gasteiger partial charge on any atom is 0.157 e. The highest BCUT2D eigenvalue weighted by Gasteiger charge is 2.09. The second-order valence-electron chi connectivity index (χ2n) is 2.68. The predicted molar refractivity (Wildman–Crippen MR) is 55.8 cm³/mol. The van der Waals surface area contributed by atoms with E-state index in [1.807, 2.05) is 0 Å². The Labute approximate surface area is 89.4 Å². The summed E-state index contributed by atoms with van der Waals surface area (Å²) in [4.78, 5) is 21.5. The molecule has 0 aromatic rings. The smallest absolute Gasteiger partial charge is 0.157 e. The number of hydrogen-bond acceptors (Lipinski definition) is 2. The van der Waals surface area contributed by atoms with Crippen molar-refractivity contribution in [3.05, 3.63) is 0 Å². The Kier molecular flexibility index (Phi) is 6.95. The van der Waals surface area contributed by atoms with E-state index in [4.69, 9.17) is 0 Å². The van der Waals surface area contributed by atoms with E-state index in [1.54, 1.807) is 6.92 Å². The van der Waals surface area contributed by atoms with Gasteiger partial charge in [-0.1, -0.05) is 31.9 Å². The number of hydrogen-bond donors (Lipinski definition) is 0. The maximum atomic E-state index is 11.0. The third-order valence-electron chi connectivity index (χ3n) is 1.45. The molecule has 0 heterocycles. The molecule has 0 saturated carbocycles. The molecule has 70 valence electrons. The molecule has 0 aromatic heterocycles. The molecule has 0 unspecified atom stereocenters. The molecule has 0 bridgehead atoms. The molecule has 0 N–H and O–H groups in total. The second-order valence-corrected chi connectivity index (χ2v) is 5.74. The predicted octanol–water partition coefficient (Wildman–Crippen LogP) is 2.82. The van der Waals surface area contributed by atoms with Crippen molar-refractivity contribution in [1.82, 2.24) is 0 Å². The lowest BCUT2D eigenvalue weighted by Gasteiger charge is -1.99. The Morgan fingerprint density at radius 2 is 1.67 bits per heavy atom. The van der Waals surface area contributed by atoms with E-state index in [1.165, 1.54) is 0 Å². The SMILES string of the molecule is CC(=O)CCCCC(=O)C(Br)Br. The average molecular weight is 300 g/mol. The minimum absolute atomic E-state index is 0.138. The van der Waals surface area contributed by atoms with Gasteiger partial charge in [-0.05, 0) is 19.8 Å². The van der Waals surface area contributed by atoms with Crippen LogP contribution in [0.3, 0.4) is 0 Å². The Bertz CT molecular complexity index is 166. The van der Waals surface area contributed by atoms with Crippen molar-refractivity contribution in [2.75, 3.05) is 0 Å². The zero-order chi connectivity index (χ0) is 9.56. The molecule has 0 radical (unpaired) electrons. The molecule has 0 atom stereocenters. The standard InChI is InChI=1S/C8H12Br2O2/c1-6(11)4-2-3-5-7(12)8(9)10/h8H,2-5H2,1H3. The van der Waals surface area contributed by atoms with Crippen LogP contribution in [0, 0.1) is 0 Å². The van der Waals surface area contributed by atoms with Crippen LogP contribution in [-0.4, -0.2) is 15.3 Å². The Morgan fingerprint density at radius 1 is 1.17 bits per heavy atom. The minimum atomic E-state index is -0.234. The van der Waals surface area contributed by atoms with Crippen molar-refractivity contribution >= 4 is 43.4 Å². The van der Waals surface area contributed by atoms with Crippen LogP contribution < -0.4 is 0 Å². The summed E-state index contributed by atoms with van der Waals surface area (Å²) in [7, 11) is 0. The van der Waals surface area contributed by atoms with E-state index in [2.05, 4.69) is 31.9 Å². The van der Waals surface area contributed by atoms with E-state index in [0.717, 1.165) is 12.8 Å². The number of rotatable bonds is 6. The molecule has 0 saturated heterocycles. The van der Waals surface area contributed by atoms with Crippen molar-refractivity contribution in [3.8, 4) is 0 Å². The van der Waals surface area contributed by atoms with Gasteiger partial charge in [0.15, 0.2) is 5.78 Å². The first-order valence-electron chi connectivity index (χ1n) is 3.84. The van der Waals surface area contributed by atoms with Crippen LogP contribution in [-0.2, 0) is 9.59 Å². The first-order valence-corrected chi connectivity index (χ1v) is 5.67. The summed E-state index contributed by atoms with van der Waals surface area (Å²) in [5, 5.41) is 0. The van der Waals surface area contributed by atoms with E-state index < -0.39 is 0 Å². The quantitative estimate of drug-likeness (QED) is 0.558. The first kappa shape index (κ1) is 12.3. The lowest BCUT2D eigenvalue weighted by molar-refractivity contribution is -0.118. The summed E-state index contributed by atoms with van der Waals surface area (Å²) in [6, 6.07) is 0. The highest BCUT2D eigenvalue weighted by atomic mass is 79.9. The highest BCUT2D eigenvalue weighted by molar-refractivity contribution is 9.25. The zero-order valence-corrected chi connectivity index (χ0v) is 10.2. The summed E-state index contributed by atoms with van der Waals surface area (Å²) >= 11 is 6.24. The summed E-state index contributed by atoms with van der Waals surface area (Å²) in [6.45, 7) is 1.57. The molecule has 4 heteroatoms. The van der Waals surface area contributed by atoms with Crippen LogP contribution in [0.4, 0.5) is 0 Å². The van der Waals surface area contributed by atoms with Crippen LogP contribution >= 0.6 is 31.9 Å². The summed E-state index contributed by atoms with van der Waals surface area (Å²) < 4.78 is -0.234. The second kappa shape index (κ2) is 6.78. The summed E-state index contributed by atoms with van der Waals surface area (Å²) in [6.07, 6.45) is 2.73. The van der Waals surface area contributed by atoms with E-state index in [-0.39, 0.29) is 15.3 Å². The van der Waals surface area contributed by atoms with Crippen molar-refractivity contribution in [3.63, 3.8) is 0 Å². The van der Waals surface area contributed by atoms with E-state index >= 15 is 0 Å².